The number of sulfonamides is 1. The van der Waals surface area contributed by atoms with Crippen LogP contribution in [0.2, 0.25) is 0 Å². The van der Waals surface area contributed by atoms with Crippen LogP contribution in [0.1, 0.15) is 25.3 Å². The van der Waals surface area contributed by atoms with Crippen LogP contribution in [0.15, 0.2) is 53.4 Å². The first-order valence-electron chi connectivity index (χ1n) is 10.1. The van der Waals surface area contributed by atoms with Crippen molar-refractivity contribution in [3.8, 4) is 5.75 Å². The fourth-order valence-electron chi connectivity index (χ4n) is 3.33. The lowest BCUT2D eigenvalue weighted by Crippen LogP contribution is -2.47. The van der Waals surface area contributed by atoms with Gasteiger partial charge in [0.1, 0.15) is 5.75 Å². The molecule has 31 heavy (non-hydrogen) atoms. The number of anilines is 1. The Morgan fingerprint density at radius 2 is 1.65 bits per heavy atom. The van der Waals surface area contributed by atoms with Crippen molar-refractivity contribution in [2.24, 2.45) is 0 Å². The minimum atomic E-state index is -3.68. The molecule has 0 unspecified atom stereocenters. The Morgan fingerprint density at radius 1 is 1.03 bits per heavy atom. The number of piperidine rings is 1. The van der Waals surface area contributed by atoms with Crippen LogP contribution in [0, 0.1) is 6.92 Å². The van der Waals surface area contributed by atoms with Gasteiger partial charge in [-0.3, -0.25) is 9.59 Å². The van der Waals surface area contributed by atoms with E-state index in [9.17, 15) is 18.0 Å². The van der Waals surface area contributed by atoms with Crippen LogP contribution in [0.25, 0.3) is 0 Å². The highest BCUT2D eigenvalue weighted by Crippen LogP contribution is 2.18. The van der Waals surface area contributed by atoms with Gasteiger partial charge in [-0.25, -0.2) is 13.1 Å². The maximum atomic E-state index is 12.6. The molecular weight excluding hydrogens is 418 g/mol. The molecule has 0 spiro atoms. The van der Waals surface area contributed by atoms with Crippen molar-refractivity contribution in [3.05, 3.63) is 54.1 Å². The summed E-state index contributed by atoms with van der Waals surface area (Å²) in [5.74, 6) is 0.306. The molecule has 0 aromatic heterocycles. The third-order valence-electron chi connectivity index (χ3n) is 5.04. The molecule has 9 heteroatoms. The summed E-state index contributed by atoms with van der Waals surface area (Å²) in [6.07, 6.45) is 1.05. The van der Waals surface area contributed by atoms with Crippen molar-refractivity contribution in [1.82, 2.24) is 9.62 Å². The van der Waals surface area contributed by atoms with Gasteiger partial charge in [-0.2, -0.15) is 0 Å². The van der Waals surface area contributed by atoms with Crippen LogP contribution < -0.4 is 14.8 Å². The SMILES string of the molecule is CC(=O)Nc1ccc(S(=O)(=O)NC2CCN(C(=O)COc3ccc(C)cc3)CC2)cc1. The fourth-order valence-corrected chi connectivity index (χ4v) is 4.63. The molecule has 0 aliphatic carbocycles. The third-order valence-corrected chi connectivity index (χ3v) is 6.57. The van der Waals surface area contributed by atoms with E-state index in [1.165, 1.54) is 19.1 Å². The number of nitrogens with one attached hydrogen (secondary N) is 2. The van der Waals surface area contributed by atoms with E-state index >= 15 is 0 Å². The molecule has 2 aromatic rings. The van der Waals surface area contributed by atoms with Crippen LogP contribution in [0.4, 0.5) is 5.69 Å². The predicted molar refractivity (Wildman–Crippen MR) is 117 cm³/mol. The van der Waals surface area contributed by atoms with E-state index in [1.807, 2.05) is 31.2 Å². The average Bonchev–Trinajstić information content (AvgIpc) is 2.73. The maximum Gasteiger partial charge on any atom is 0.260 e. The molecule has 0 saturated carbocycles. The Hall–Kier alpha value is -2.91. The second-order valence-corrected chi connectivity index (χ2v) is 9.30. The van der Waals surface area contributed by atoms with E-state index in [4.69, 9.17) is 4.74 Å². The number of rotatable bonds is 7. The van der Waals surface area contributed by atoms with E-state index in [0.29, 0.717) is 37.4 Å². The van der Waals surface area contributed by atoms with Gasteiger partial charge in [0.05, 0.1) is 4.90 Å². The molecule has 1 heterocycles. The number of carbonyl (C=O) groups is 2. The van der Waals surface area contributed by atoms with Crippen LogP contribution in [-0.4, -0.2) is 50.9 Å². The van der Waals surface area contributed by atoms with E-state index in [0.717, 1.165) is 5.56 Å². The van der Waals surface area contributed by atoms with Crippen molar-refractivity contribution in [2.45, 2.75) is 37.6 Å². The second-order valence-electron chi connectivity index (χ2n) is 7.58. The van der Waals surface area contributed by atoms with Crippen molar-refractivity contribution < 1.29 is 22.7 Å². The number of aryl methyl sites for hydroxylation is 1. The summed E-state index contributed by atoms with van der Waals surface area (Å²) >= 11 is 0. The predicted octanol–water partition coefficient (Wildman–Crippen LogP) is 2.30. The van der Waals surface area contributed by atoms with Gasteiger partial charge in [-0.15, -0.1) is 0 Å². The average molecular weight is 446 g/mol. The monoisotopic (exact) mass is 445 g/mol. The lowest BCUT2D eigenvalue weighted by Gasteiger charge is -2.32. The third kappa shape index (κ3) is 6.53. The molecule has 1 aliphatic rings. The van der Waals surface area contributed by atoms with Gasteiger partial charge >= 0.3 is 0 Å². The number of nitrogens with zero attached hydrogens (tertiary/aromatic N) is 1. The minimum absolute atomic E-state index is 0.0416. The number of amides is 2. The van der Waals surface area contributed by atoms with Gasteiger partial charge in [0.25, 0.3) is 5.91 Å². The molecule has 2 amide bonds. The molecule has 166 valence electrons. The molecule has 2 N–H and O–H groups in total. The Labute approximate surface area is 182 Å². The van der Waals surface area contributed by atoms with Gasteiger partial charge in [-0.1, -0.05) is 17.7 Å². The minimum Gasteiger partial charge on any atom is -0.484 e. The number of ether oxygens (including phenoxy) is 1. The Bertz CT molecular complexity index is 1010. The summed E-state index contributed by atoms with van der Waals surface area (Å²) in [7, 11) is -3.68. The zero-order chi connectivity index (χ0) is 22.4. The first-order valence-corrected chi connectivity index (χ1v) is 11.6. The first kappa shape index (κ1) is 22.8. The van der Waals surface area contributed by atoms with Crippen molar-refractivity contribution in [1.29, 1.82) is 0 Å². The smallest absolute Gasteiger partial charge is 0.260 e. The number of carbonyl (C=O) groups excluding carboxylic acids is 2. The molecule has 2 aromatic carbocycles. The Balaban J connectivity index is 1.48. The first-order chi connectivity index (χ1) is 14.7. The van der Waals surface area contributed by atoms with E-state index in [1.54, 1.807) is 17.0 Å². The van der Waals surface area contributed by atoms with Crippen molar-refractivity contribution in [3.63, 3.8) is 0 Å². The molecule has 0 radical (unpaired) electrons. The number of hydrogen-bond acceptors (Lipinski definition) is 5. The lowest BCUT2D eigenvalue weighted by molar-refractivity contribution is -0.134. The summed E-state index contributed by atoms with van der Waals surface area (Å²) < 4.78 is 33.5. The van der Waals surface area contributed by atoms with Crippen molar-refractivity contribution in [2.75, 3.05) is 25.0 Å². The van der Waals surface area contributed by atoms with Crippen LogP contribution >= 0.6 is 0 Å². The summed E-state index contributed by atoms with van der Waals surface area (Å²) in [5, 5.41) is 2.60. The highest BCUT2D eigenvalue weighted by molar-refractivity contribution is 7.89. The molecule has 0 bridgehead atoms. The maximum absolute atomic E-state index is 12.6. The normalized spacial score (nSPS) is 14.8. The topological polar surface area (TPSA) is 105 Å². The molecule has 1 saturated heterocycles. The lowest BCUT2D eigenvalue weighted by atomic mass is 10.1. The Morgan fingerprint density at radius 3 is 2.23 bits per heavy atom. The molecule has 3 rings (SSSR count). The van der Waals surface area contributed by atoms with Gasteiger partial charge < -0.3 is 15.0 Å². The highest BCUT2D eigenvalue weighted by Gasteiger charge is 2.27. The molecule has 8 nitrogen and oxygen atoms in total. The molecule has 1 fully saturated rings. The van der Waals surface area contributed by atoms with Crippen LogP contribution in [0.3, 0.4) is 0 Å². The van der Waals surface area contributed by atoms with Gasteiger partial charge in [0, 0.05) is 31.7 Å². The zero-order valence-corrected chi connectivity index (χ0v) is 18.4. The fraction of sp³-hybridized carbons (Fsp3) is 0.364. The Kier molecular flexibility index (Phi) is 7.29. The second kappa shape index (κ2) is 9.93. The van der Waals surface area contributed by atoms with Crippen molar-refractivity contribution >= 4 is 27.5 Å². The van der Waals surface area contributed by atoms with Crippen LogP contribution in [0.5, 0.6) is 5.75 Å². The van der Waals surface area contributed by atoms with E-state index in [2.05, 4.69) is 10.0 Å². The van der Waals surface area contributed by atoms with Gasteiger partial charge in [-0.05, 0) is 56.2 Å². The summed E-state index contributed by atoms with van der Waals surface area (Å²) in [4.78, 5) is 25.3. The number of hydrogen-bond donors (Lipinski definition) is 2. The zero-order valence-electron chi connectivity index (χ0n) is 17.6. The summed E-state index contributed by atoms with van der Waals surface area (Å²) in [6.45, 7) is 4.25. The molecular formula is C22H27N3O5S. The molecule has 1 aliphatic heterocycles. The standard InChI is InChI=1S/C22H27N3O5S/c1-16-3-7-20(8-4-16)30-15-22(27)25-13-11-19(12-14-25)24-31(28,29)21-9-5-18(6-10-21)23-17(2)26/h3-10,19,24H,11-15H2,1-2H3,(H,23,26). The highest BCUT2D eigenvalue weighted by atomic mass is 32.2. The summed E-state index contributed by atoms with van der Waals surface area (Å²) in [6, 6.07) is 13.2. The largest absolute Gasteiger partial charge is 0.484 e. The number of likely N-dealkylation sites (tertiary alicyclic amines) is 1. The molecule has 0 atom stereocenters. The quantitative estimate of drug-likeness (QED) is 0.681. The van der Waals surface area contributed by atoms with E-state index in [-0.39, 0.29) is 29.4 Å². The van der Waals surface area contributed by atoms with Crippen LogP contribution in [-0.2, 0) is 19.6 Å². The van der Waals surface area contributed by atoms with Gasteiger partial charge in [0.15, 0.2) is 6.61 Å². The van der Waals surface area contributed by atoms with E-state index < -0.39 is 10.0 Å². The summed E-state index contributed by atoms with van der Waals surface area (Å²) in [5.41, 5.74) is 1.65. The number of benzene rings is 2. The van der Waals surface area contributed by atoms with Gasteiger partial charge in [0.2, 0.25) is 15.9 Å².